The predicted molar refractivity (Wildman–Crippen MR) is 93.3 cm³/mol. The molecule has 0 unspecified atom stereocenters. The number of pyridine rings is 1. The van der Waals surface area contributed by atoms with Gasteiger partial charge in [-0.3, -0.25) is 4.79 Å². The van der Waals surface area contributed by atoms with E-state index in [9.17, 15) is 4.79 Å². The summed E-state index contributed by atoms with van der Waals surface area (Å²) in [5, 5.41) is 4.02. The monoisotopic (exact) mass is 318 g/mol. The van der Waals surface area contributed by atoms with Crippen molar-refractivity contribution in [3.63, 3.8) is 0 Å². The average Bonchev–Trinajstić information content (AvgIpc) is 3.03. The molecule has 0 saturated carbocycles. The number of aryl methyl sites for hydroxylation is 1. The molecular formula is C20H18N2O2. The lowest BCUT2D eigenvalue weighted by atomic mass is 10.1. The summed E-state index contributed by atoms with van der Waals surface area (Å²) in [6.07, 6.45) is 1.92. The number of rotatable bonds is 3. The first-order chi connectivity index (χ1) is 11.8. The summed E-state index contributed by atoms with van der Waals surface area (Å²) >= 11 is 0. The van der Waals surface area contributed by atoms with Gasteiger partial charge in [0.05, 0.1) is 18.7 Å². The van der Waals surface area contributed by atoms with E-state index in [4.69, 9.17) is 4.74 Å². The summed E-state index contributed by atoms with van der Waals surface area (Å²) in [4.78, 5) is 17.2. The number of methoxy groups -OCH3 is 1. The SMILES string of the molecule is COc1cc(C(=O)N[C@@H]2CCc3ccccc32)nc2ccccc12. The van der Waals surface area contributed by atoms with Gasteiger partial charge in [-0.2, -0.15) is 0 Å². The van der Waals surface area contributed by atoms with Gasteiger partial charge in [-0.1, -0.05) is 36.4 Å². The van der Waals surface area contributed by atoms with E-state index in [1.54, 1.807) is 13.2 Å². The van der Waals surface area contributed by atoms with Crippen LogP contribution >= 0.6 is 0 Å². The number of nitrogens with zero attached hydrogens (tertiary/aromatic N) is 1. The molecule has 1 amide bonds. The van der Waals surface area contributed by atoms with Gasteiger partial charge in [0, 0.05) is 11.5 Å². The van der Waals surface area contributed by atoms with Crippen molar-refractivity contribution < 1.29 is 9.53 Å². The van der Waals surface area contributed by atoms with Crippen molar-refractivity contribution in [1.29, 1.82) is 0 Å². The summed E-state index contributed by atoms with van der Waals surface area (Å²) in [5.74, 6) is 0.498. The third kappa shape index (κ3) is 2.50. The molecule has 3 aromatic rings. The van der Waals surface area contributed by atoms with Gasteiger partial charge >= 0.3 is 0 Å². The lowest BCUT2D eigenvalue weighted by Crippen LogP contribution is -2.28. The largest absolute Gasteiger partial charge is 0.496 e. The highest BCUT2D eigenvalue weighted by atomic mass is 16.5. The molecule has 0 saturated heterocycles. The van der Waals surface area contributed by atoms with Gasteiger partial charge in [-0.05, 0) is 36.1 Å². The fourth-order valence-corrected chi connectivity index (χ4v) is 3.37. The number of carbonyl (C=O) groups excluding carboxylic acids is 1. The predicted octanol–water partition coefficient (Wildman–Crippen LogP) is 3.66. The van der Waals surface area contributed by atoms with Gasteiger partial charge in [0.15, 0.2) is 0 Å². The Morgan fingerprint density at radius 2 is 1.96 bits per heavy atom. The van der Waals surface area contributed by atoms with E-state index in [2.05, 4.69) is 22.4 Å². The third-order valence-electron chi connectivity index (χ3n) is 4.57. The van der Waals surface area contributed by atoms with Crippen LogP contribution in [-0.4, -0.2) is 18.0 Å². The molecule has 0 radical (unpaired) electrons. The number of amides is 1. The lowest BCUT2D eigenvalue weighted by Gasteiger charge is -2.15. The number of ether oxygens (including phenoxy) is 1. The molecule has 1 atom stereocenters. The van der Waals surface area contributed by atoms with E-state index in [0.29, 0.717) is 11.4 Å². The first-order valence-corrected chi connectivity index (χ1v) is 8.08. The van der Waals surface area contributed by atoms with Crippen LogP contribution < -0.4 is 10.1 Å². The van der Waals surface area contributed by atoms with Gasteiger partial charge in [0.2, 0.25) is 0 Å². The standard InChI is InChI=1S/C20H18N2O2/c1-24-19-12-18(21-16-9-5-4-8-15(16)19)20(23)22-17-11-10-13-6-2-3-7-14(13)17/h2-9,12,17H,10-11H2,1H3,(H,22,23)/t17-/m1/s1. The number of fused-ring (bicyclic) bond motifs is 2. The number of hydrogen-bond donors (Lipinski definition) is 1. The first-order valence-electron chi connectivity index (χ1n) is 8.08. The highest BCUT2D eigenvalue weighted by Crippen LogP contribution is 2.31. The van der Waals surface area contributed by atoms with Crippen LogP contribution in [0.25, 0.3) is 10.9 Å². The Kier molecular flexibility index (Phi) is 3.65. The number of hydrogen-bond acceptors (Lipinski definition) is 3. The molecule has 2 aromatic carbocycles. The molecule has 0 bridgehead atoms. The molecule has 4 rings (SSSR count). The summed E-state index contributed by atoms with van der Waals surface area (Å²) in [7, 11) is 1.61. The van der Waals surface area contributed by atoms with Crippen LogP contribution in [0.4, 0.5) is 0 Å². The van der Waals surface area contributed by atoms with Crippen molar-refractivity contribution in [3.05, 3.63) is 71.4 Å². The van der Waals surface area contributed by atoms with Crippen molar-refractivity contribution in [2.24, 2.45) is 0 Å². The molecule has 1 aliphatic rings. The Morgan fingerprint density at radius 1 is 1.17 bits per heavy atom. The summed E-state index contributed by atoms with van der Waals surface area (Å²) in [5.41, 5.74) is 3.66. The minimum atomic E-state index is -0.166. The smallest absolute Gasteiger partial charge is 0.270 e. The third-order valence-corrected chi connectivity index (χ3v) is 4.57. The molecule has 24 heavy (non-hydrogen) atoms. The second kappa shape index (κ2) is 5.96. The quantitative estimate of drug-likeness (QED) is 0.802. The molecule has 1 aliphatic carbocycles. The van der Waals surface area contributed by atoms with Crippen molar-refractivity contribution >= 4 is 16.8 Å². The van der Waals surface area contributed by atoms with Gasteiger partial charge < -0.3 is 10.1 Å². The second-order valence-corrected chi connectivity index (χ2v) is 5.99. The number of para-hydroxylation sites is 1. The maximum absolute atomic E-state index is 12.7. The Labute approximate surface area is 140 Å². The van der Waals surface area contributed by atoms with Gasteiger partial charge in [0.1, 0.15) is 11.4 Å². The van der Waals surface area contributed by atoms with Crippen LogP contribution in [-0.2, 0) is 6.42 Å². The van der Waals surface area contributed by atoms with Crippen LogP contribution in [0, 0.1) is 0 Å². The van der Waals surface area contributed by atoms with Gasteiger partial charge in [-0.15, -0.1) is 0 Å². The molecule has 4 nitrogen and oxygen atoms in total. The molecular weight excluding hydrogens is 300 g/mol. The molecule has 0 aliphatic heterocycles. The molecule has 1 heterocycles. The second-order valence-electron chi connectivity index (χ2n) is 5.99. The van der Waals surface area contributed by atoms with E-state index >= 15 is 0 Å². The van der Waals surface area contributed by atoms with E-state index in [-0.39, 0.29) is 11.9 Å². The zero-order valence-corrected chi connectivity index (χ0v) is 13.5. The van der Waals surface area contributed by atoms with Crippen LogP contribution in [0.3, 0.4) is 0 Å². The number of carbonyl (C=O) groups is 1. The van der Waals surface area contributed by atoms with Gasteiger partial charge in [-0.25, -0.2) is 4.98 Å². The Bertz CT molecular complexity index is 920. The summed E-state index contributed by atoms with van der Waals surface area (Å²) in [6.45, 7) is 0. The Morgan fingerprint density at radius 3 is 2.83 bits per heavy atom. The maximum Gasteiger partial charge on any atom is 0.270 e. The van der Waals surface area contributed by atoms with Crippen molar-refractivity contribution in [1.82, 2.24) is 10.3 Å². The van der Waals surface area contributed by atoms with E-state index < -0.39 is 0 Å². The molecule has 0 spiro atoms. The number of aromatic nitrogens is 1. The van der Waals surface area contributed by atoms with Crippen molar-refractivity contribution in [2.75, 3.05) is 7.11 Å². The fraction of sp³-hybridized carbons (Fsp3) is 0.200. The fourth-order valence-electron chi connectivity index (χ4n) is 3.37. The zero-order chi connectivity index (χ0) is 16.5. The zero-order valence-electron chi connectivity index (χ0n) is 13.5. The highest BCUT2D eigenvalue weighted by molar-refractivity contribution is 5.97. The molecule has 1 N–H and O–H groups in total. The van der Waals surface area contributed by atoms with E-state index in [1.165, 1.54) is 11.1 Å². The van der Waals surface area contributed by atoms with Crippen molar-refractivity contribution in [2.45, 2.75) is 18.9 Å². The summed E-state index contributed by atoms with van der Waals surface area (Å²) in [6, 6.07) is 17.7. The Hall–Kier alpha value is -2.88. The summed E-state index contributed by atoms with van der Waals surface area (Å²) < 4.78 is 5.42. The van der Waals surface area contributed by atoms with E-state index in [1.807, 2.05) is 36.4 Å². The average molecular weight is 318 g/mol. The lowest BCUT2D eigenvalue weighted by molar-refractivity contribution is 0.0931. The Balaban J connectivity index is 1.65. The van der Waals surface area contributed by atoms with Crippen LogP contribution in [0.2, 0.25) is 0 Å². The van der Waals surface area contributed by atoms with E-state index in [0.717, 1.165) is 23.7 Å². The minimum Gasteiger partial charge on any atom is -0.496 e. The minimum absolute atomic E-state index is 0.0490. The maximum atomic E-state index is 12.7. The topological polar surface area (TPSA) is 51.2 Å². The van der Waals surface area contributed by atoms with Crippen molar-refractivity contribution in [3.8, 4) is 5.75 Å². The molecule has 4 heteroatoms. The molecule has 120 valence electrons. The van der Waals surface area contributed by atoms with Gasteiger partial charge in [0.25, 0.3) is 5.91 Å². The normalized spacial score (nSPS) is 16.0. The molecule has 0 fully saturated rings. The number of benzene rings is 2. The van der Waals surface area contributed by atoms with Crippen LogP contribution in [0.5, 0.6) is 5.75 Å². The highest BCUT2D eigenvalue weighted by Gasteiger charge is 2.24. The molecule has 1 aromatic heterocycles. The van der Waals surface area contributed by atoms with Crippen LogP contribution in [0.15, 0.2) is 54.6 Å². The van der Waals surface area contributed by atoms with Crippen LogP contribution in [0.1, 0.15) is 34.1 Å². The number of nitrogens with one attached hydrogen (secondary N) is 1. The first kappa shape index (κ1) is 14.7.